The summed E-state index contributed by atoms with van der Waals surface area (Å²) in [5, 5.41) is 5.72. The van der Waals surface area contributed by atoms with Gasteiger partial charge in [-0.05, 0) is 48.4 Å². The molecule has 4 rings (SSSR count). The number of nitrogens with zero attached hydrogens (tertiary/aromatic N) is 1. The monoisotopic (exact) mass is 412 g/mol. The zero-order chi connectivity index (χ0) is 21.8. The lowest BCUT2D eigenvalue weighted by atomic mass is 10.1. The molecule has 156 valence electrons. The van der Waals surface area contributed by atoms with Crippen molar-refractivity contribution in [1.29, 1.82) is 0 Å². The van der Waals surface area contributed by atoms with Crippen LogP contribution >= 0.6 is 0 Å². The summed E-state index contributed by atoms with van der Waals surface area (Å²) >= 11 is 0. The first kappa shape index (κ1) is 20.3. The molecule has 31 heavy (non-hydrogen) atoms. The molecule has 6 heteroatoms. The van der Waals surface area contributed by atoms with Crippen molar-refractivity contribution in [2.75, 3.05) is 5.32 Å². The highest BCUT2D eigenvalue weighted by molar-refractivity contribution is 5.97. The van der Waals surface area contributed by atoms with Crippen LogP contribution in [0.15, 0.2) is 66.7 Å². The Morgan fingerprint density at radius 1 is 0.935 bits per heavy atom. The van der Waals surface area contributed by atoms with Gasteiger partial charge in [-0.1, -0.05) is 42.0 Å². The zero-order valence-corrected chi connectivity index (χ0v) is 17.5. The fourth-order valence-corrected chi connectivity index (χ4v) is 3.38. The number of anilines is 1. The number of aromatic nitrogens is 2. The number of imidazole rings is 1. The second-order valence-electron chi connectivity index (χ2n) is 7.64. The molecular formula is C25H24N4O2. The van der Waals surface area contributed by atoms with E-state index in [1.165, 1.54) is 12.5 Å². The van der Waals surface area contributed by atoms with E-state index in [1.54, 1.807) is 6.07 Å². The molecule has 0 unspecified atom stereocenters. The molecule has 3 N–H and O–H groups in total. The summed E-state index contributed by atoms with van der Waals surface area (Å²) in [6, 6.07) is 21.2. The summed E-state index contributed by atoms with van der Waals surface area (Å²) in [6.07, 6.45) is 0.629. The molecule has 2 amide bonds. The van der Waals surface area contributed by atoms with Crippen molar-refractivity contribution < 1.29 is 9.59 Å². The highest BCUT2D eigenvalue weighted by Gasteiger charge is 2.10. The van der Waals surface area contributed by atoms with Crippen LogP contribution in [-0.4, -0.2) is 21.8 Å². The molecule has 0 saturated heterocycles. The van der Waals surface area contributed by atoms with Crippen LogP contribution in [0.5, 0.6) is 0 Å². The van der Waals surface area contributed by atoms with Gasteiger partial charge >= 0.3 is 0 Å². The minimum Gasteiger partial charge on any atom is -0.348 e. The standard InChI is InChI=1S/C25H24N4O2/c1-16-3-5-19(6-4-16)15-26-25(31)20-9-12-22-23(14-20)29-24(28-22)13-18-7-10-21(11-8-18)27-17(2)30/h3-12,14H,13,15H2,1-2H3,(H,26,31)(H,27,30)(H,28,29). The predicted octanol–water partition coefficient (Wildman–Crippen LogP) is 4.35. The summed E-state index contributed by atoms with van der Waals surface area (Å²) in [5.74, 6) is 0.607. The van der Waals surface area contributed by atoms with Crippen molar-refractivity contribution in [1.82, 2.24) is 15.3 Å². The lowest BCUT2D eigenvalue weighted by Gasteiger charge is -2.06. The number of carbonyl (C=O) groups is 2. The first-order valence-corrected chi connectivity index (χ1v) is 10.2. The third kappa shape index (κ3) is 5.17. The normalized spacial score (nSPS) is 10.8. The number of carbonyl (C=O) groups excluding carboxylic acids is 2. The van der Waals surface area contributed by atoms with Crippen LogP contribution in [0.2, 0.25) is 0 Å². The Labute approximate surface area is 180 Å². The van der Waals surface area contributed by atoms with Crippen molar-refractivity contribution in [3.63, 3.8) is 0 Å². The molecule has 0 spiro atoms. The van der Waals surface area contributed by atoms with Crippen LogP contribution in [0, 0.1) is 6.92 Å². The van der Waals surface area contributed by atoms with Crippen LogP contribution in [0.3, 0.4) is 0 Å². The van der Waals surface area contributed by atoms with Crippen LogP contribution in [0.1, 0.15) is 39.8 Å². The summed E-state index contributed by atoms with van der Waals surface area (Å²) in [6.45, 7) is 4.01. The number of rotatable bonds is 6. The molecule has 0 radical (unpaired) electrons. The molecule has 0 saturated carbocycles. The second kappa shape index (κ2) is 8.83. The average Bonchev–Trinajstić information content (AvgIpc) is 3.15. The van der Waals surface area contributed by atoms with Gasteiger partial charge in [0, 0.05) is 31.1 Å². The summed E-state index contributed by atoms with van der Waals surface area (Å²) < 4.78 is 0. The first-order valence-electron chi connectivity index (χ1n) is 10.2. The zero-order valence-electron chi connectivity index (χ0n) is 17.5. The van der Waals surface area contributed by atoms with Crippen molar-refractivity contribution in [2.45, 2.75) is 26.8 Å². The minimum atomic E-state index is -0.118. The summed E-state index contributed by atoms with van der Waals surface area (Å²) in [5.41, 5.74) is 6.33. The molecule has 0 bridgehead atoms. The van der Waals surface area contributed by atoms with Crippen LogP contribution in [0.4, 0.5) is 5.69 Å². The maximum Gasteiger partial charge on any atom is 0.251 e. The van der Waals surface area contributed by atoms with Gasteiger partial charge in [-0.15, -0.1) is 0 Å². The molecule has 3 aromatic carbocycles. The number of aromatic amines is 1. The molecule has 0 atom stereocenters. The van der Waals surface area contributed by atoms with Gasteiger partial charge in [0.05, 0.1) is 11.0 Å². The van der Waals surface area contributed by atoms with E-state index in [1.807, 2.05) is 67.6 Å². The highest BCUT2D eigenvalue weighted by atomic mass is 16.2. The number of fused-ring (bicyclic) bond motifs is 1. The second-order valence-corrected chi connectivity index (χ2v) is 7.64. The quantitative estimate of drug-likeness (QED) is 0.440. The van der Waals surface area contributed by atoms with Crippen LogP contribution in [0.25, 0.3) is 11.0 Å². The maximum absolute atomic E-state index is 12.6. The molecule has 0 fully saturated rings. The fraction of sp³-hybridized carbons (Fsp3) is 0.160. The fourth-order valence-electron chi connectivity index (χ4n) is 3.38. The summed E-state index contributed by atoms with van der Waals surface area (Å²) in [4.78, 5) is 31.6. The van der Waals surface area contributed by atoms with Crippen molar-refractivity contribution in [3.8, 4) is 0 Å². The number of amides is 2. The van der Waals surface area contributed by atoms with Gasteiger partial charge < -0.3 is 15.6 Å². The van der Waals surface area contributed by atoms with E-state index in [0.29, 0.717) is 18.5 Å². The maximum atomic E-state index is 12.6. The Hall–Kier alpha value is -3.93. The third-order valence-corrected chi connectivity index (χ3v) is 5.01. The smallest absolute Gasteiger partial charge is 0.251 e. The predicted molar refractivity (Wildman–Crippen MR) is 122 cm³/mol. The van der Waals surface area contributed by atoms with E-state index in [9.17, 15) is 9.59 Å². The van der Waals surface area contributed by atoms with E-state index in [-0.39, 0.29) is 11.8 Å². The van der Waals surface area contributed by atoms with Crippen molar-refractivity contribution >= 4 is 28.5 Å². The summed E-state index contributed by atoms with van der Waals surface area (Å²) in [7, 11) is 0. The number of aryl methyl sites for hydroxylation is 1. The molecular weight excluding hydrogens is 388 g/mol. The minimum absolute atomic E-state index is 0.0938. The number of hydrogen-bond donors (Lipinski definition) is 3. The first-order chi connectivity index (χ1) is 15.0. The van der Waals surface area contributed by atoms with Gasteiger partial charge in [0.25, 0.3) is 5.91 Å². The number of H-pyrrole nitrogens is 1. The molecule has 6 nitrogen and oxygen atoms in total. The van der Waals surface area contributed by atoms with Crippen LogP contribution < -0.4 is 10.6 Å². The molecule has 1 heterocycles. The number of benzene rings is 3. The molecule has 1 aromatic heterocycles. The van der Waals surface area contributed by atoms with Crippen molar-refractivity contribution in [2.24, 2.45) is 0 Å². The van der Waals surface area contributed by atoms with E-state index in [4.69, 9.17) is 0 Å². The Bertz CT molecular complexity index is 1220. The van der Waals surface area contributed by atoms with Gasteiger partial charge in [0.1, 0.15) is 5.82 Å². The molecule has 4 aromatic rings. The van der Waals surface area contributed by atoms with Crippen LogP contribution in [-0.2, 0) is 17.8 Å². The topological polar surface area (TPSA) is 86.9 Å². The Balaban J connectivity index is 1.43. The number of nitrogens with one attached hydrogen (secondary N) is 3. The Kier molecular flexibility index (Phi) is 5.80. The van der Waals surface area contributed by atoms with Gasteiger partial charge in [0.15, 0.2) is 0 Å². The number of hydrogen-bond acceptors (Lipinski definition) is 3. The lowest BCUT2D eigenvalue weighted by Crippen LogP contribution is -2.22. The van der Waals surface area contributed by atoms with Gasteiger partial charge in [0.2, 0.25) is 5.91 Å². The van der Waals surface area contributed by atoms with E-state index >= 15 is 0 Å². The van der Waals surface area contributed by atoms with Crippen molar-refractivity contribution in [3.05, 3.63) is 94.8 Å². The Morgan fingerprint density at radius 3 is 2.35 bits per heavy atom. The van der Waals surface area contributed by atoms with E-state index in [0.717, 1.165) is 33.7 Å². The molecule has 0 aliphatic rings. The van der Waals surface area contributed by atoms with Gasteiger partial charge in [-0.25, -0.2) is 4.98 Å². The lowest BCUT2D eigenvalue weighted by molar-refractivity contribution is -0.114. The van der Waals surface area contributed by atoms with E-state index < -0.39 is 0 Å². The largest absolute Gasteiger partial charge is 0.348 e. The molecule has 0 aliphatic carbocycles. The highest BCUT2D eigenvalue weighted by Crippen LogP contribution is 2.17. The van der Waals surface area contributed by atoms with E-state index in [2.05, 4.69) is 20.6 Å². The van der Waals surface area contributed by atoms with Gasteiger partial charge in [-0.2, -0.15) is 0 Å². The molecule has 0 aliphatic heterocycles. The average molecular weight is 412 g/mol. The van der Waals surface area contributed by atoms with Gasteiger partial charge in [-0.3, -0.25) is 9.59 Å². The third-order valence-electron chi connectivity index (χ3n) is 5.01. The Morgan fingerprint density at radius 2 is 1.65 bits per heavy atom. The SMILES string of the molecule is CC(=O)Nc1ccc(Cc2nc3ccc(C(=O)NCc4ccc(C)cc4)cc3[nH]2)cc1.